The summed E-state index contributed by atoms with van der Waals surface area (Å²) in [6, 6.07) is 33.5. The number of hydrogen-bond donors (Lipinski definition) is 3. The van der Waals surface area contributed by atoms with E-state index < -0.39 is 24.0 Å². The molecule has 0 saturated heterocycles. The largest absolute Gasteiger partial charge is 0.497 e. The Bertz CT molecular complexity index is 1960. The molecule has 0 bridgehead atoms. The zero-order valence-electron chi connectivity index (χ0n) is 27.7. The van der Waals surface area contributed by atoms with Gasteiger partial charge in [-0.1, -0.05) is 72.8 Å². The first-order valence-corrected chi connectivity index (χ1v) is 15.8. The highest BCUT2D eigenvalue weighted by Crippen LogP contribution is 2.42. The van der Waals surface area contributed by atoms with Crippen LogP contribution in [0.3, 0.4) is 0 Å². The molecule has 0 spiro atoms. The average Bonchev–Trinajstić information content (AvgIpc) is 3.62. The van der Waals surface area contributed by atoms with Crippen molar-refractivity contribution in [3.8, 4) is 11.5 Å². The molecule has 3 N–H and O–H groups in total. The summed E-state index contributed by atoms with van der Waals surface area (Å²) < 4.78 is 24.8. The van der Waals surface area contributed by atoms with E-state index in [2.05, 4.69) is 20.3 Å². The number of nitrogens with one attached hydrogen (secondary N) is 1. The number of ether oxygens (including phenoxy) is 4. The van der Waals surface area contributed by atoms with Crippen LogP contribution in [0.25, 0.3) is 11.2 Å². The fourth-order valence-corrected chi connectivity index (χ4v) is 5.85. The number of aliphatic hydroxyl groups is 2. The Morgan fingerprint density at radius 1 is 0.760 bits per heavy atom. The van der Waals surface area contributed by atoms with Gasteiger partial charge in [-0.3, -0.25) is 9.36 Å². The molecule has 3 atom stereocenters. The number of carbonyl (C=O) groups excluding carboxylic acids is 1. The number of nitrogens with zero attached hydrogens (tertiary/aromatic N) is 4. The third-order valence-corrected chi connectivity index (χ3v) is 8.54. The van der Waals surface area contributed by atoms with Crippen LogP contribution in [0.15, 0.2) is 122 Å². The Balaban J connectivity index is 1.31. The minimum atomic E-state index is -1.56. The topological polar surface area (TPSA) is 150 Å². The van der Waals surface area contributed by atoms with Gasteiger partial charge < -0.3 is 34.5 Å². The van der Waals surface area contributed by atoms with E-state index in [0.29, 0.717) is 17.1 Å². The summed E-state index contributed by atoms with van der Waals surface area (Å²) in [5.41, 5.74) is 2.10. The van der Waals surface area contributed by atoms with E-state index in [1.165, 1.54) is 24.3 Å². The van der Waals surface area contributed by atoms with Crippen LogP contribution in [0.4, 0.5) is 5.82 Å². The quantitative estimate of drug-likeness (QED) is 0.135. The zero-order chi connectivity index (χ0) is 35.1. The number of anilines is 1. The van der Waals surface area contributed by atoms with Gasteiger partial charge in [0.15, 0.2) is 23.2 Å². The van der Waals surface area contributed by atoms with Gasteiger partial charge in [0, 0.05) is 12.7 Å². The van der Waals surface area contributed by atoms with Crippen LogP contribution < -0.4 is 14.8 Å². The van der Waals surface area contributed by atoms with Crippen molar-refractivity contribution in [2.75, 3.05) is 33.3 Å². The van der Waals surface area contributed by atoms with Crippen LogP contribution in [0.1, 0.15) is 33.3 Å². The predicted molar refractivity (Wildman–Crippen MR) is 186 cm³/mol. The molecule has 50 heavy (non-hydrogen) atoms. The second-order valence-electron chi connectivity index (χ2n) is 11.4. The van der Waals surface area contributed by atoms with Crippen molar-refractivity contribution in [3.05, 3.63) is 144 Å². The first-order valence-electron chi connectivity index (χ1n) is 15.8. The van der Waals surface area contributed by atoms with Crippen LogP contribution in [0, 0.1) is 0 Å². The lowest BCUT2D eigenvalue weighted by Gasteiger charge is -2.38. The smallest absolute Gasteiger partial charge is 0.256 e. The summed E-state index contributed by atoms with van der Waals surface area (Å²) >= 11 is 0. The Kier molecular flexibility index (Phi) is 10.4. The molecule has 2 aromatic heterocycles. The molecule has 0 aliphatic heterocycles. The van der Waals surface area contributed by atoms with E-state index in [1.54, 1.807) is 38.5 Å². The average molecular weight is 676 g/mol. The molecule has 0 radical (unpaired) electrons. The molecular weight excluding hydrogens is 638 g/mol. The Morgan fingerprint density at radius 2 is 1.32 bits per heavy atom. The lowest BCUT2D eigenvalue weighted by Crippen LogP contribution is -2.43. The number of aromatic nitrogens is 4. The van der Waals surface area contributed by atoms with Crippen molar-refractivity contribution < 1.29 is 34.0 Å². The number of methoxy groups -OCH3 is 3. The Hall–Kier alpha value is -5.66. The lowest BCUT2D eigenvalue weighted by molar-refractivity contribution is -0.139. The minimum Gasteiger partial charge on any atom is -0.497 e. The highest BCUT2D eigenvalue weighted by atomic mass is 16.5. The molecule has 2 heterocycles. The van der Waals surface area contributed by atoms with Crippen LogP contribution in [0.5, 0.6) is 11.5 Å². The summed E-state index contributed by atoms with van der Waals surface area (Å²) in [4.78, 5) is 25.6. The number of carbonyl (C=O) groups is 1. The third kappa shape index (κ3) is 6.78. The second kappa shape index (κ2) is 15.3. The molecular formula is C38H37N5O7. The van der Waals surface area contributed by atoms with Crippen LogP contribution in [-0.2, 0) is 15.1 Å². The highest BCUT2D eigenvalue weighted by molar-refractivity contribution is 6.06. The van der Waals surface area contributed by atoms with E-state index >= 15 is 0 Å². The van der Waals surface area contributed by atoms with Gasteiger partial charge in [0.05, 0.1) is 27.2 Å². The van der Waals surface area contributed by atoms with E-state index in [9.17, 15) is 15.0 Å². The molecule has 0 aliphatic rings. The van der Waals surface area contributed by atoms with Gasteiger partial charge >= 0.3 is 0 Å². The molecule has 0 aliphatic carbocycles. The van der Waals surface area contributed by atoms with E-state index in [4.69, 9.17) is 18.9 Å². The standard InChI is InChI=1S/C38H37N5O7/c1-47-29-18-14-27(15-19-29)38(26-12-8-5-9-13-26,28-16-20-30(48-2)21-17-28)50-22-31(49-3)33(44)37(46)43-24-41-32-34(39-23-40-35(32)43)42-36(45)25-10-6-4-7-11-25/h4-21,23-24,31,33,37,44,46H,22H2,1-3H3,(H,39,40,42,45). The summed E-state index contributed by atoms with van der Waals surface area (Å²) in [6.07, 6.45) is -1.53. The van der Waals surface area contributed by atoms with Crippen molar-refractivity contribution in [3.63, 3.8) is 0 Å². The number of hydrogen-bond acceptors (Lipinski definition) is 10. The van der Waals surface area contributed by atoms with Gasteiger partial charge in [0.2, 0.25) is 0 Å². The monoisotopic (exact) mass is 675 g/mol. The highest BCUT2D eigenvalue weighted by Gasteiger charge is 2.40. The molecule has 0 fully saturated rings. The second-order valence-corrected chi connectivity index (χ2v) is 11.4. The number of imidazole rings is 1. The number of benzene rings is 4. The maximum Gasteiger partial charge on any atom is 0.256 e. The molecule has 12 heteroatoms. The number of amides is 1. The van der Waals surface area contributed by atoms with Gasteiger partial charge in [-0.05, 0) is 53.1 Å². The van der Waals surface area contributed by atoms with Gasteiger partial charge in [-0.15, -0.1) is 0 Å². The van der Waals surface area contributed by atoms with E-state index in [-0.39, 0.29) is 29.5 Å². The van der Waals surface area contributed by atoms with E-state index in [0.717, 1.165) is 16.7 Å². The molecule has 0 saturated carbocycles. The Labute approximate surface area is 288 Å². The number of rotatable bonds is 14. The van der Waals surface area contributed by atoms with Crippen molar-refractivity contribution in [2.24, 2.45) is 0 Å². The molecule has 6 rings (SSSR count). The van der Waals surface area contributed by atoms with Crippen LogP contribution in [-0.4, -0.2) is 75.8 Å². The number of fused-ring (bicyclic) bond motifs is 1. The summed E-state index contributed by atoms with van der Waals surface area (Å²) in [5.74, 6) is 1.13. The van der Waals surface area contributed by atoms with Gasteiger partial charge in [0.1, 0.15) is 35.6 Å². The zero-order valence-corrected chi connectivity index (χ0v) is 27.7. The lowest BCUT2D eigenvalue weighted by atomic mass is 9.80. The predicted octanol–water partition coefficient (Wildman–Crippen LogP) is 4.97. The normalized spacial score (nSPS) is 13.4. The van der Waals surface area contributed by atoms with Gasteiger partial charge in [-0.2, -0.15) is 0 Å². The van der Waals surface area contributed by atoms with E-state index in [1.807, 2.05) is 84.9 Å². The third-order valence-electron chi connectivity index (χ3n) is 8.54. The van der Waals surface area contributed by atoms with Crippen LogP contribution in [0.2, 0.25) is 0 Å². The SMILES string of the molecule is COc1ccc(C(OCC(OC)C(O)C(O)n2cnc3c(NC(=O)c4ccccc4)ncnc32)(c2ccccc2)c2ccc(OC)cc2)cc1. The summed E-state index contributed by atoms with van der Waals surface area (Å²) in [5, 5.41) is 25.8. The molecule has 3 unspecified atom stereocenters. The Morgan fingerprint density at radius 3 is 1.88 bits per heavy atom. The molecule has 1 amide bonds. The molecule has 6 aromatic rings. The summed E-state index contributed by atoms with van der Waals surface area (Å²) in [7, 11) is 4.64. The fourth-order valence-electron chi connectivity index (χ4n) is 5.85. The first-order chi connectivity index (χ1) is 24.4. The van der Waals surface area contributed by atoms with Crippen molar-refractivity contribution in [1.29, 1.82) is 0 Å². The van der Waals surface area contributed by atoms with Gasteiger partial charge in [0.25, 0.3) is 5.91 Å². The molecule has 4 aromatic carbocycles. The van der Waals surface area contributed by atoms with Gasteiger partial charge in [-0.25, -0.2) is 15.0 Å². The van der Waals surface area contributed by atoms with Crippen molar-refractivity contribution in [2.45, 2.75) is 24.0 Å². The fraction of sp³-hybridized carbons (Fsp3) is 0.211. The molecule has 256 valence electrons. The summed E-state index contributed by atoms with van der Waals surface area (Å²) in [6.45, 7) is -0.151. The van der Waals surface area contributed by atoms with Crippen molar-refractivity contribution in [1.82, 2.24) is 19.5 Å². The number of aliphatic hydroxyl groups excluding tert-OH is 2. The maximum absolute atomic E-state index is 12.8. The first kappa shape index (κ1) is 34.2. The molecule has 12 nitrogen and oxygen atoms in total. The van der Waals surface area contributed by atoms with Crippen molar-refractivity contribution >= 4 is 22.9 Å². The van der Waals surface area contributed by atoms with Crippen LogP contribution >= 0.6 is 0 Å². The minimum absolute atomic E-state index is 0.151. The maximum atomic E-state index is 12.8.